The Morgan fingerprint density at radius 3 is 2.48 bits per heavy atom. The number of aryl methyl sites for hydroxylation is 2. The molecule has 0 radical (unpaired) electrons. The fraction of sp³-hybridized carbons (Fsp3) is 0.391. The first-order valence-electron chi connectivity index (χ1n) is 10.4. The third-order valence-electron chi connectivity index (χ3n) is 5.70. The lowest BCUT2D eigenvalue weighted by atomic mass is 10.1. The van der Waals surface area contributed by atoms with Crippen LogP contribution in [0.25, 0.3) is 5.69 Å². The van der Waals surface area contributed by atoms with Gasteiger partial charge in [-0.1, -0.05) is 24.3 Å². The summed E-state index contributed by atoms with van der Waals surface area (Å²) in [5.41, 5.74) is 3.51. The molecule has 0 bridgehead atoms. The molecule has 3 aromatic rings. The fourth-order valence-corrected chi connectivity index (χ4v) is 4.18. The predicted molar refractivity (Wildman–Crippen MR) is 117 cm³/mol. The number of nitrogens with zero attached hydrogens (tertiary/aromatic N) is 3. The molecule has 6 heteroatoms. The van der Waals surface area contributed by atoms with Crippen molar-refractivity contribution in [1.82, 2.24) is 14.3 Å². The number of quaternary nitrogens is 1. The van der Waals surface area contributed by atoms with Crippen molar-refractivity contribution in [2.45, 2.75) is 46.4 Å². The van der Waals surface area contributed by atoms with Crippen LogP contribution < -0.4 is 9.64 Å². The SMILES string of the molecule is Cc1ccc(OCc2nn(C[NH+]3CCCCC3)c(=S)n2-c2ccccc2)cc1C. The Morgan fingerprint density at radius 1 is 1.00 bits per heavy atom. The van der Waals surface area contributed by atoms with E-state index in [2.05, 4.69) is 38.1 Å². The largest absolute Gasteiger partial charge is 0.486 e. The summed E-state index contributed by atoms with van der Waals surface area (Å²) >= 11 is 5.83. The van der Waals surface area contributed by atoms with E-state index >= 15 is 0 Å². The fourth-order valence-electron chi connectivity index (χ4n) is 3.86. The number of ether oxygens (including phenoxy) is 1. The molecule has 1 N–H and O–H groups in total. The second kappa shape index (κ2) is 8.93. The highest BCUT2D eigenvalue weighted by atomic mass is 32.1. The van der Waals surface area contributed by atoms with E-state index in [4.69, 9.17) is 22.1 Å². The van der Waals surface area contributed by atoms with Crippen molar-refractivity contribution in [2.75, 3.05) is 13.1 Å². The van der Waals surface area contributed by atoms with Gasteiger partial charge in [0, 0.05) is 5.69 Å². The summed E-state index contributed by atoms with van der Waals surface area (Å²) in [6.45, 7) is 7.78. The summed E-state index contributed by atoms with van der Waals surface area (Å²) in [6, 6.07) is 16.4. The molecule has 0 unspecified atom stereocenters. The van der Waals surface area contributed by atoms with Gasteiger partial charge in [-0.15, -0.1) is 5.10 Å². The van der Waals surface area contributed by atoms with Crippen molar-refractivity contribution in [3.8, 4) is 11.4 Å². The second-order valence-corrected chi connectivity index (χ2v) is 8.24. The van der Waals surface area contributed by atoms with Gasteiger partial charge < -0.3 is 9.64 Å². The van der Waals surface area contributed by atoms with E-state index in [-0.39, 0.29) is 0 Å². The van der Waals surface area contributed by atoms with Crippen LogP contribution in [0.1, 0.15) is 36.2 Å². The summed E-state index contributed by atoms with van der Waals surface area (Å²) in [7, 11) is 0. The minimum absolute atomic E-state index is 0.378. The maximum absolute atomic E-state index is 6.10. The number of piperidine rings is 1. The Bertz CT molecular complexity index is 1020. The standard InChI is InChI=1S/C23H28N4OS/c1-18-11-12-21(15-19(18)2)28-16-22-24-26(17-25-13-7-4-8-14-25)23(29)27(22)20-9-5-3-6-10-20/h3,5-6,9-12,15H,4,7-8,13-14,16-17H2,1-2H3/p+1. The highest BCUT2D eigenvalue weighted by Crippen LogP contribution is 2.19. The maximum atomic E-state index is 6.10. The van der Waals surface area contributed by atoms with Gasteiger partial charge in [0.05, 0.1) is 13.1 Å². The minimum atomic E-state index is 0.378. The molecule has 152 valence electrons. The number of nitrogens with one attached hydrogen (secondary N) is 1. The lowest BCUT2D eigenvalue weighted by Gasteiger charge is -2.22. The molecule has 0 spiro atoms. The summed E-state index contributed by atoms with van der Waals surface area (Å²) < 4.78 is 10.8. The Labute approximate surface area is 177 Å². The van der Waals surface area contributed by atoms with Gasteiger partial charge in [-0.05, 0) is 80.7 Å². The van der Waals surface area contributed by atoms with Crippen molar-refractivity contribution in [3.63, 3.8) is 0 Å². The van der Waals surface area contributed by atoms with Crippen LogP contribution in [-0.2, 0) is 13.3 Å². The topological polar surface area (TPSA) is 36.4 Å². The Kier molecular flexibility index (Phi) is 6.11. The summed E-state index contributed by atoms with van der Waals surface area (Å²) in [4.78, 5) is 1.55. The van der Waals surface area contributed by atoms with Crippen LogP contribution >= 0.6 is 12.2 Å². The smallest absolute Gasteiger partial charge is 0.207 e. The van der Waals surface area contributed by atoms with Gasteiger partial charge in [-0.25, -0.2) is 0 Å². The average Bonchev–Trinajstić information content (AvgIpc) is 3.05. The van der Waals surface area contributed by atoms with E-state index in [1.165, 1.54) is 43.5 Å². The number of para-hydroxylation sites is 1. The minimum Gasteiger partial charge on any atom is -0.486 e. The molecule has 1 aliphatic rings. The van der Waals surface area contributed by atoms with Gasteiger partial charge in [0.2, 0.25) is 4.77 Å². The zero-order valence-corrected chi connectivity index (χ0v) is 18.0. The average molecular weight is 410 g/mol. The van der Waals surface area contributed by atoms with Crippen molar-refractivity contribution in [2.24, 2.45) is 0 Å². The molecule has 0 aliphatic carbocycles. The van der Waals surface area contributed by atoms with Gasteiger partial charge >= 0.3 is 0 Å². The molecule has 1 aliphatic heterocycles. The van der Waals surface area contributed by atoms with E-state index in [0.29, 0.717) is 6.61 Å². The molecule has 0 atom stereocenters. The molecule has 5 nitrogen and oxygen atoms in total. The van der Waals surface area contributed by atoms with Gasteiger partial charge in [0.15, 0.2) is 12.5 Å². The van der Waals surface area contributed by atoms with Crippen LogP contribution in [0.3, 0.4) is 0 Å². The summed E-state index contributed by atoms with van der Waals surface area (Å²) in [5, 5.41) is 4.86. The van der Waals surface area contributed by atoms with Crippen molar-refractivity contribution in [1.29, 1.82) is 0 Å². The zero-order valence-electron chi connectivity index (χ0n) is 17.2. The molecule has 2 aromatic carbocycles. The zero-order chi connectivity index (χ0) is 20.2. The van der Waals surface area contributed by atoms with Crippen LogP contribution in [-0.4, -0.2) is 27.4 Å². The van der Waals surface area contributed by atoms with Gasteiger partial charge in [0.1, 0.15) is 12.4 Å². The second-order valence-electron chi connectivity index (χ2n) is 7.87. The Hall–Kier alpha value is -2.44. The first-order chi connectivity index (χ1) is 14.1. The van der Waals surface area contributed by atoms with Gasteiger partial charge in [0.25, 0.3) is 0 Å². The van der Waals surface area contributed by atoms with Crippen molar-refractivity contribution < 1.29 is 9.64 Å². The highest BCUT2D eigenvalue weighted by Gasteiger charge is 2.19. The first kappa shape index (κ1) is 19.9. The first-order valence-corrected chi connectivity index (χ1v) is 10.8. The third kappa shape index (κ3) is 4.60. The number of hydrogen-bond donors (Lipinski definition) is 1. The number of likely N-dealkylation sites (tertiary alicyclic amines) is 1. The van der Waals surface area contributed by atoms with E-state index in [0.717, 1.165) is 28.7 Å². The highest BCUT2D eigenvalue weighted by molar-refractivity contribution is 7.71. The molecule has 29 heavy (non-hydrogen) atoms. The molecule has 1 fully saturated rings. The van der Waals surface area contributed by atoms with E-state index in [9.17, 15) is 0 Å². The van der Waals surface area contributed by atoms with Crippen LogP contribution in [0.5, 0.6) is 5.75 Å². The third-order valence-corrected chi connectivity index (χ3v) is 6.09. The summed E-state index contributed by atoms with van der Waals surface area (Å²) in [6.07, 6.45) is 3.90. The molecule has 1 aromatic heterocycles. The van der Waals surface area contributed by atoms with Crippen LogP contribution in [0, 0.1) is 18.6 Å². The van der Waals surface area contributed by atoms with Gasteiger partial charge in [-0.3, -0.25) is 4.57 Å². The number of aromatic nitrogens is 3. The van der Waals surface area contributed by atoms with Crippen LogP contribution in [0.15, 0.2) is 48.5 Å². The molecule has 4 rings (SSSR count). The quantitative estimate of drug-likeness (QED) is 0.632. The summed E-state index contributed by atoms with van der Waals surface area (Å²) in [5.74, 6) is 1.69. The van der Waals surface area contributed by atoms with E-state index in [1.54, 1.807) is 4.90 Å². The number of hydrogen-bond acceptors (Lipinski definition) is 3. The molecule has 2 heterocycles. The monoisotopic (exact) mass is 409 g/mol. The Morgan fingerprint density at radius 2 is 1.76 bits per heavy atom. The number of benzene rings is 2. The normalized spacial score (nSPS) is 14.8. The lowest BCUT2D eigenvalue weighted by molar-refractivity contribution is -0.928. The predicted octanol–water partition coefficient (Wildman–Crippen LogP) is 3.63. The van der Waals surface area contributed by atoms with Crippen molar-refractivity contribution in [3.05, 3.63) is 70.3 Å². The molecular weight excluding hydrogens is 380 g/mol. The molecular formula is C23H29N4OS+. The van der Waals surface area contributed by atoms with E-state index < -0.39 is 0 Å². The molecule has 0 amide bonds. The van der Waals surface area contributed by atoms with Crippen LogP contribution in [0.2, 0.25) is 0 Å². The molecule has 1 saturated heterocycles. The molecule has 0 saturated carbocycles. The van der Waals surface area contributed by atoms with E-state index in [1.807, 2.05) is 33.5 Å². The Balaban J connectivity index is 1.62. The van der Waals surface area contributed by atoms with Crippen molar-refractivity contribution >= 4 is 12.2 Å². The maximum Gasteiger partial charge on any atom is 0.207 e. The lowest BCUT2D eigenvalue weighted by Crippen LogP contribution is -3.12. The van der Waals surface area contributed by atoms with Gasteiger partial charge in [-0.2, -0.15) is 4.68 Å². The number of rotatable bonds is 6. The van der Waals surface area contributed by atoms with Crippen LogP contribution in [0.4, 0.5) is 0 Å².